The molecule has 6 heteroatoms. The van der Waals surface area contributed by atoms with E-state index in [0.29, 0.717) is 6.54 Å². The first-order chi connectivity index (χ1) is 9.06. The van der Waals surface area contributed by atoms with Crippen LogP contribution in [0.5, 0.6) is 0 Å². The fourth-order valence-corrected chi connectivity index (χ4v) is 1.67. The average Bonchev–Trinajstić information content (AvgIpc) is 2.36. The van der Waals surface area contributed by atoms with Crippen LogP contribution < -0.4 is 16.6 Å². The summed E-state index contributed by atoms with van der Waals surface area (Å²) in [5, 5.41) is 2.65. The smallest absolute Gasteiger partial charge is 0.326 e. The van der Waals surface area contributed by atoms with Crippen LogP contribution in [0.2, 0.25) is 0 Å². The van der Waals surface area contributed by atoms with Gasteiger partial charge in [-0.3, -0.25) is 14.6 Å². The lowest BCUT2D eigenvalue weighted by Crippen LogP contribution is -2.30. The Labute approximate surface area is 108 Å². The zero-order valence-electron chi connectivity index (χ0n) is 10.3. The summed E-state index contributed by atoms with van der Waals surface area (Å²) in [6, 6.07) is 8.68. The third kappa shape index (κ3) is 3.19. The Morgan fingerprint density at radius 2 is 1.95 bits per heavy atom. The molecule has 0 aliphatic heterocycles. The van der Waals surface area contributed by atoms with Gasteiger partial charge in [0.25, 0.3) is 11.5 Å². The van der Waals surface area contributed by atoms with E-state index in [0.717, 1.165) is 17.2 Å². The molecule has 0 fully saturated rings. The van der Waals surface area contributed by atoms with E-state index in [1.54, 1.807) is 0 Å². The van der Waals surface area contributed by atoms with Crippen molar-refractivity contribution in [2.45, 2.75) is 13.5 Å². The first-order valence-electron chi connectivity index (χ1n) is 5.72. The Balaban J connectivity index is 2.12. The summed E-state index contributed by atoms with van der Waals surface area (Å²) in [6.45, 7) is 2.27. The fraction of sp³-hybridized carbons (Fsp3) is 0.154. The van der Waals surface area contributed by atoms with Crippen molar-refractivity contribution in [3.63, 3.8) is 0 Å². The van der Waals surface area contributed by atoms with Gasteiger partial charge in [-0.2, -0.15) is 0 Å². The van der Waals surface area contributed by atoms with Crippen molar-refractivity contribution in [2.75, 3.05) is 0 Å². The minimum Gasteiger partial charge on any atom is -0.347 e. The summed E-state index contributed by atoms with van der Waals surface area (Å²) < 4.78 is 0. The van der Waals surface area contributed by atoms with Gasteiger partial charge in [-0.15, -0.1) is 0 Å². The van der Waals surface area contributed by atoms with Gasteiger partial charge in [0.15, 0.2) is 0 Å². The number of aromatic nitrogens is 2. The van der Waals surface area contributed by atoms with Crippen LogP contribution in [0.15, 0.2) is 39.9 Å². The molecule has 0 aliphatic rings. The molecule has 0 unspecified atom stereocenters. The maximum atomic E-state index is 11.8. The Kier molecular flexibility index (Phi) is 3.61. The highest BCUT2D eigenvalue weighted by Gasteiger charge is 2.08. The van der Waals surface area contributed by atoms with E-state index in [1.165, 1.54) is 0 Å². The molecule has 0 saturated heterocycles. The fourth-order valence-electron chi connectivity index (χ4n) is 1.67. The minimum atomic E-state index is -0.700. The lowest BCUT2D eigenvalue weighted by Gasteiger charge is -2.07. The highest BCUT2D eigenvalue weighted by molar-refractivity contribution is 5.91. The number of rotatable bonds is 3. The number of amides is 1. The molecular weight excluding hydrogens is 246 g/mol. The molecule has 0 saturated carbocycles. The van der Waals surface area contributed by atoms with Crippen LogP contribution in [0.25, 0.3) is 0 Å². The molecule has 0 radical (unpaired) electrons. The normalized spacial score (nSPS) is 10.2. The Hall–Kier alpha value is -2.63. The maximum absolute atomic E-state index is 11.8. The van der Waals surface area contributed by atoms with E-state index < -0.39 is 17.2 Å². The van der Waals surface area contributed by atoms with Crippen molar-refractivity contribution in [3.05, 3.63) is 68.0 Å². The maximum Gasteiger partial charge on any atom is 0.326 e. The molecule has 1 amide bonds. The summed E-state index contributed by atoms with van der Waals surface area (Å²) in [5.74, 6) is -0.494. The molecule has 0 aliphatic carbocycles. The van der Waals surface area contributed by atoms with Gasteiger partial charge < -0.3 is 10.3 Å². The van der Waals surface area contributed by atoms with E-state index >= 15 is 0 Å². The summed E-state index contributed by atoms with van der Waals surface area (Å²) >= 11 is 0. The van der Waals surface area contributed by atoms with E-state index in [2.05, 4.69) is 10.3 Å². The van der Waals surface area contributed by atoms with Crippen LogP contribution in [-0.4, -0.2) is 15.9 Å². The van der Waals surface area contributed by atoms with E-state index in [-0.39, 0.29) is 5.69 Å². The summed E-state index contributed by atoms with van der Waals surface area (Å²) in [6.07, 6.45) is 0. The number of carbonyl (C=O) groups excluding carboxylic acids is 1. The van der Waals surface area contributed by atoms with Crippen LogP contribution in [0.4, 0.5) is 0 Å². The van der Waals surface area contributed by atoms with Crippen molar-refractivity contribution in [3.8, 4) is 0 Å². The number of nitrogens with one attached hydrogen (secondary N) is 3. The quantitative estimate of drug-likeness (QED) is 0.740. The van der Waals surface area contributed by atoms with E-state index in [4.69, 9.17) is 0 Å². The monoisotopic (exact) mass is 259 g/mol. The van der Waals surface area contributed by atoms with Crippen LogP contribution >= 0.6 is 0 Å². The molecule has 1 aromatic carbocycles. The van der Waals surface area contributed by atoms with Crippen LogP contribution in [0.1, 0.15) is 21.6 Å². The number of hydrogen-bond donors (Lipinski definition) is 3. The van der Waals surface area contributed by atoms with E-state index in [1.807, 2.05) is 36.2 Å². The van der Waals surface area contributed by atoms with Crippen molar-refractivity contribution in [2.24, 2.45) is 0 Å². The number of carbonyl (C=O) groups is 1. The van der Waals surface area contributed by atoms with Gasteiger partial charge in [-0.1, -0.05) is 24.3 Å². The molecule has 2 rings (SSSR count). The number of benzene rings is 1. The zero-order chi connectivity index (χ0) is 13.8. The molecule has 3 N–H and O–H groups in total. The predicted octanol–water partition coefficient (Wildman–Crippen LogP) is 0.302. The zero-order valence-corrected chi connectivity index (χ0v) is 10.3. The summed E-state index contributed by atoms with van der Waals surface area (Å²) in [7, 11) is 0. The molecule has 0 atom stereocenters. The largest absolute Gasteiger partial charge is 0.347 e. The molecule has 98 valence electrons. The summed E-state index contributed by atoms with van der Waals surface area (Å²) in [5.41, 5.74) is 0.672. The second-order valence-corrected chi connectivity index (χ2v) is 4.11. The molecule has 0 spiro atoms. The Morgan fingerprint density at radius 1 is 1.21 bits per heavy atom. The lowest BCUT2D eigenvalue weighted by atomic mass is 10.1. The highest BCUT2D eigenvalue weighted by Crippen LogP contribution is 2.06. The van der Waals surface area contributed by atoms with Gasteiger partial charge >= 0.3 is 5.69 Å². The molecule has 19 heavy (non-hydrogen) atoms. The van der Waals surface area contributed by atoms with Gasteiger partial charge in [0.05, 0.1) is 0 Å². The Bertz CT molecular complexity index is 687. The van der Waals surface area contributed by atoms with Crippen LogP contribution in [-0.2, 0) is 6.54 Å². The third-order valence-electron chi connectivity index (χ3n) is 2.71. The van der Waals surface area contributed by atoms with Crippen molar-refractivity contribution in [1.82, 2.24) is 15.3 Å². The van der Waals surface area contributed by atoms with Crippen molar-refractivity contribution >= 4 is 5.91 Å². The van der Waals surface area contributed by atoms with Gasteiger partial charge in [-0.25, -0.2) is 4.79 Å². The number of aromatic amines is 2. The van der Waals surface area contributed by atoms with Gasteiger partial charge in [0.1, 0.15) is 5.69 Å². The SMILES string of the molecule is Cc1ccccc1CNC(=O)c1cc(=O)[nH]c(=O)[nH]1. The second-order valence-electron chi connectivity index (χ2n) is 4.11. The van der Waals surface area contributed by atoms with Crippen LogP contribution in [0.3, 0.4) is 0 Å². The first-order valence-corrected chi connectivity index (χ1v) is 5.72. The van der Waals surface area contributed by atoms with Crippen LogP contribution in [0, 0.1) is 6.92 Å². The number of aryl methyl sites for hydroxylation is 1. The molecule has 1 aromatic heterocycles. The Morgan fingerprint density at radius 3 is 2.63 bits per heavy atom. The van der Waals surface area contributed by atoms with Gasteiger partial charge in [0.2, 0.25) is 0 Å². The highest BCUT2D eigenvalue weighted by atomic mass is 16.2. The summed E-state index contributed by atoms with van der Waals surface area (Å²) in [4.78, 5) is 38.2. The van der Waals surface area contributed by atoms with Crippen molar-refractivity contribution < 1.29 is 4.79 Å². The second kappa shape index (κ2) is 5.34. The number of hydrogen-bond acceptors (Lipinski definition) is 3. The molecule has 6 nitrogen and oxygen atoms in total. The molecule has 1 heterocycles. The topological polar surface area (TPSA) is 94.8 Å². The van der Waals surface area contributed by atoms with Gasteiger partial charge in [-0.05, 0) is 18.1 Å². The standard InChI is InChI=1S/C13H13N3O3/c1-8-4-2-3-5-9(8)7-14-12(18)10-6-11(17)16-13(19)15-10/h2-6H,7H2,1H3,(H,14,18)(H2,15,16,17,19). The lowest BCUT2D eigenvalue weighted by molar-refractivity contribution is 0.0945. The molecule has 2 aromatic rings. The molecule has 0 bridgehead atoms. The minimum absolute atomic E-state index is 0.0534. The van der Waals surface area contributed by atoms with E-state index in [9.17, 15) is 14.4 Å². The predicted molar refractivity (Wildman–Crippen MR) is 70.0 cm³/mol. The first kappa shape index (κ1) is 12.8. The molecular formula is C13H13N3O3. The average molecular weight is 259 g/mol. The van der Waals surface area contributed by atoms with Gasteiger partial charge in [0, 0.05) is 12.6 Å². The van der Waals surface area contributed by atoms with Crippen molar-refractivity contribution in [1.29, 1.82) is 0 Å². The third-order valence-corrected chi connectivity index (χ3v) is 2.71. The number of H-pyrrole nitrogens is 2.